The van der Waals surface area contributed by atoms with Crippen molar-refractivity contribution in [3.05, 3.63) is 93.7 Å². The van der Waals surface area contributed by atoms with Crippen LogP contribution in [0.15, 0.2) is 70.1 Å². The number of carbonyl (C=O) groups excluding carboxylic acids is 1. The number of anilines is 1. The average Bonchev–Trinajstić information content (AvgIpc) is 3.56. The molecule has 0 bridgehead atoms. The number of halogens is 1. The van der Waals surface area contributed by atoms with Gasteiger partial charge in [-0.25, -0.2) is 9.37 Å². The zero-order valence-corrected chi connectivity index (χ0v) is 20.0. The molecule has 0 fully saturated rings. The number of nitrogens with zero attached hydrogens (tertiary/aromatic N) is 4. The molecule has 184 valence electrons. The molecule has 6 rings (SSSR count). The van der Waals surface area contributed by atoms with Crippen LogP contribution in [0.4, 0.5) is 10.1 Å². The molecule has 2 aromatic carbocycles. The lowest BCUT2D eigenvalue weighted by Crippen LogP contribution is -2.22. The third kappa shape index (κ3) is 4.40. The van der Waals surface area contributed by atoms with E-state index in [1.54, 1.807) is 16.7 Å². The number of pyridine rings is 2. The second-order valence-corrected chi connectivity index (χ2v) is 9.14. The Kier molecular flexibility index (Phi) is 5.60. The van der Waals surface area contributed by atoms with Gasteiger partial charge in [-0.1, -0.05) is 11.2 Å². The molecular weight excluding hydrogens is 473 g/mol. The second-order valence-electron chi connectivity index (χ2n) is 9.14. The molecule has 0 atom stereocenters. The Hall–Kier alpha value is -4.66. The minimum atomic E-state index is -0.383. The highest BCUT2D eigenvalue weighted by Gasteiger charge is 2.20. The zero-order valence-electron chi connectivity index (χ0n) is 20.0. The maximum Gasteiger partial charge on any atom is 0.263 e. The number of rotatable bonds is 5. The molecule has 0 radical (unpaired) electrons. The predicted molar refractivity (Wildman–Crippen MR) is 137 cm³/mol. The highest BCUT2D eigenvalue weighted by atomic mass is 19.1. The molecule has 0 saturated carbocycles. The molecule has 9 heteroatoms. The number of hydrogen-bond acceptors (Lipinski definition) is 6. The number of nitrogens with one attached hydrogen (secondary N) is 1. The Labute approximate surface area is 210 Å². The summed E-state index contributed by atoms with van der Waals surface area (Å²) in [7, 11) is 0. The third-order valence-corrected chi connectivity index (χ3v) is 6.52. The van der Waals surface area contributed by atoms with Crippen LogP contribution in [-0.4, -0.2) is 25.6 Å². The van der Waals surface area contributed by atoms with Crippen molar-refractivity contribution in [2.45, 2.75) is 32.7 Å². The lowest BCUT2D eigenvalue weighted by atomic mass is 10.1. The quantitative estimate of drug-likeness (QED) is 0.380. The highest BCUT2D eigenvalue weighted by Crippen LogP contribution is 2.25. The van der Waals surface area contributed by atoms with Crippen molar-refractivity contribution in [1.29, 1.82) is 0 Å². The third-order valence-electron chi connectivity index (χ3n) is 6.52. The largest absolute Gasteiger partial charge is 0.333 e. The van der Waals surface area contributed by atoms with Crippen molar-refractivity contribution in [2.24, 2.45) is 0 Å². The number of fused-ring (bicyclic) bond motifs is 2. The monoisotopic (exact) mass is 495 g/mol. The van der Waals surface area contributed by atoms with Gasteiger partial charge in [-0.2, -0.15) is 4.98 Å². The van der Waals surface area contributed by atoms with Crippen molar-refractivity contribution in [3.8, 4) is 22.8 Å². The Morgan fingerprint density at radius 2 is 1.86 bits per heavy atom. The molecule has 5 aromatic rings. The first-order valence-electron chi connectivity index (χ1n) is 12.0. The number of hydrogen-bond donors (Lipinski definition) is 1. The topological polar surface area (TPSA) is 103 Å². The van der Waals surface area contributed by atoms with E-state index in [9.17, 15) is 14.0 Å². The number of benzene rings is 2. The summed E-state index contributed by atoms with van der Waals surface area (Å²) in [5, 5.41) is 7.24. The fourth-order valence-electron chi connectivity index (χ4n) is 4.69. The summed E-state index contributed by atoms with van der Waals surface area (Å²) in [6.07, 6.45) is 4.73. The Morgan fingerprint density at radius 1 is 1.05 bits per heavy atom. The van der Waals surface area contributed by atoms with Crippen molar-refractivity contribution < 1.29 is 13.7 Å². The van der Waals surface area contributed by atoms with E-state index in [-0.39, 0.29) is 41.0 Å². The van der Waals surface area contributed by atoms with Crippen molar-refractivity contribution in [2.75, 3.05) is 5.32 Å². The average molecular weight is 496 g/mol. The minimum Gasteiger partial charge on any atom is -0.333 e. The molecule has 0 saturated heterocycles. The van der Waals surface area contributed by atoms with Crippen LogP contribution in [0.1, 0.15) is 23.2 Å². The van der Waals surface area contributed by atoms with Crippen LogP contribution in [0.2, 0.25) is 0 Å². The molecule has 1 aliphatic carbocycles. The minimum absolute atomic E-state index is 0.000389. The van der Waals surface area contributed by atoms with Crippen LogP contribution >= 0.6 is 0 Å². The van der Waals surface area contributed by atoms with Gasteiger partial charge in [0.15, 0.2) is 0 Å². The SMILES string of the molecule is Cc1ccc2c(=O)c(-c3nc(-c4ccc(F)cc4)no3)cn(CC(=O)Nc3ccc4c(c3)CCC4)c2n1. The Bertz CT molecular complexity index is 1720. The molecule has 8 nitrogen and oxygen atoms in total. The van der Waals surface area contributed by atoms with Gasteiger partial charge >= 0.3 is 0 Å². The molecule has 37 heavy (non-hydrogen) atoms. The van der Waals surface area contributed by atoms with Gasteiger partial charge in [0.25, 0.3) is 5.89 Å². The molecule has 0 spiro atoms. The molecule has 0 unspecified atom stereocenters. The highest BCUT2D eigenvalue weighted by molar-refractivity contribution is 5.92. The molecule has 0 aliphatic heterocycles. The molecule has 1 aliphatic rings. The lowest BCUT2D eigenvalue weighted by Gasteiger charge is -2.13. The number of aromatic nitrogens is 4. The number of carbonyl (C=O) groups is 1. The first-order valence-corrected chi connectivity index (χ1v) is 12.0. The van der Waals surface area contributed by atoms with Crippen LogP contribution in [0, 0.1) is 12.7 Å². The van der Waals surface area contributed by atoms with Gasteiger partial charge in [0.05, 0.1) is 5.39 Å². The zero-order chi connectivity index (χ0) is 25.5. The fourth-order valence-corrected chi connectivity index (χ4v) is 4.69. The van der Waals surface area contributed by atoms with E-state index in [1.807, 2.05) is 19.1 Å². The maximum absolute atomic E-state index is 13.3. The first-order chi connectivity index (χ1) is 17.9. The standard InChI is InChI=1S/C28H22FN5O3/c1-16-5-12-22-25(36)23(28-32-26(33-37-28)18-6-9-20(29)10-7-18)14-34(27(22)30-16)15-24(35)31-21-11-8-17-3-2-4-19(17)13-21/h5-14H,2-4,15H2,1H3,(H,31,35). The predicted octanol–water partition coefficient (Wildman–Crippen LogP) is 4.69. The summed E-state index contributed by atoms with van der Waals surface area (Å²) in [5.41, 5.74) is 4.77. The van der Waals surface area contributed by atoms with Gasteiger partial charge in [0.2, 0.25) is 17.2 Å². The number of aryl methyl sites for hydroxylation is 3. The van der Waals surface area contributed by atoms with Gasteiger partial charge in [-0.05, 0) is 85.8 Å². The first kappa shape index (κ1) is 22.8. The molecule has 1 amide bonds. The van der Waals surface area contributed by atoms with Crippen molar-refractivity contribution in [1.82, 2.24) is 19.7 Å². The molecule has 1 N–H and O–H groups in total. The summed E-state index contributed by atoms with van der Waals surface area (Å²) < 4.78 is 20.3. The van der Waals surface area contributed by atoms with E-state index >= 15 is 0 Å². The Morgan fingerprint density at radius 3 is 2.70 bits per heavy atom. The molecular formula is C28H22FN5O3. The summed E-state index contributed by atoms with van der Waals surface area (Å²) in [6, 6.07) is 15.0. The summed E-state index contributed by atoms with van der Waals surface area (Å²) in [5.74, 6) is -0.419. The van der Waals surface area contributed by atoms with Crippen LogP contribution < -0.4 is 10.7 Å². The molecule has 3 aromatic heterocycles. The van der Waals surface area contributed by atoms with Gasteiger partial charge in [-0.3, -0.25) is 9.59 Å². The van der Waals surface area contributed by atoms with Crippen molar-refractivity contribution >= 4 is 22.6 Å². The van der Waals surface area contributed by atoms with E-state index in [2.05, 4.69) is 26.5 Å². The van der Waals surface area contributed by atoms with Gasteiger partial charge in [0, 0.05) is 23.1 Å². The summed E-state index contributed by atoms with van der Waals surface area (Å²) >= 11 is 0. The number of amides is 1. The van der Waals surface area contributed by atoms with Crippen LogP contribution in [-0.2, 0) is 24.2 Å². The van der Waals surface area contributed by atoms with Gasteiger partial charge in [-0.15, -0.1) is 0 Å². The van der Waals surface area contributed by atoms with Crippen LogP contribution in [0.25, 0.3) is 33.9 Å². The van der Waals surface area contributed by atoms with Gasteiger partial charge in [0.1, 0.15) is 23.6 Å². The fraction of sp³-hybridized carbons (Fsp3) is 0.179. The van der Waals surface area contributed by atoms with E-state index in [0.29, 0.717) is 22.3 Å². The summed E-state index contributed by atoms with van der Waals surface area (Å²) in [6.45, 7) is 1.75. The Balaban J connectivity index is 1.36. The smallest absolute Gasteiger partial charge is 0.263 e. The van der Waals surface area contributed by atoms with E-state index in [4.69, 9.17) is 4.52 Å². The maximum atomic E-state index is 13.3. The second kappa shape index (κ2) is 9.09. The normalized spacial score (nSPS) is 12.6. The van der Waals surface area contributed by atoms with Crippen molar-refractivity contribution in [3.63, 3.8) is 0 Å². The lowest BCUT2D eigenvalue weighted by molar-refractivity contribution is -0.116. The van der Waals surface area contributed by atoms with Crippen LogP contribution in [0.3, 0.4) is 0 Å². The summed E-state index contributed by atoms with van der Waals surface area (Å²) in [4.78, 5) is 35.2. The molecule has 3 heterocycles. The van der Waals surface area contributed by atoms with E-state index in [1.165, 1.54) is 41.6 Å². The van der Waals surface area contributed by atoms with Crippen LogP contribution in [0.5, 0.6) is 0 Å². The van der Waals surface area contributed by atoms with E-state index < -0.39 is 0 Å². The van der Waals surface area contributed by atoms with E-state index in [0.717, 1.165) is 24.9 Å². The van der Waals surface area contributed by atoms with Gasteiger partial charge < -0.3 is 14.4 Å².